The molecule has 1 N–H and O–H groups in total. The fourth-order valence-electron chi connectivity index (χ4n) is 4.33. The van der Waals surface area contributed by atoms with Crippen LogP contribution in [0.4, 0.5) is 13.6 Å². The third kappa shape index (κ3) is 3.85. The molecule has 2 aromatic carbocycles. The molecule has 2 bridgehead atoms. The van der Waals surface area contributed by atoms with Gasteiger partial charge in [0.05, 0.1) is 38.0 Å². The lowest BCUT2D eigenvalue weighted by Gasteiger charge is -2.51. The maximum atomic E-state index is 14.2. The molecule has 0 spiro atoms. The van der Waals surface area contributed by atoms with Crippen molar-refractivity contribution in [2.45, 2.75) is 37.1 Å². The van der Waals surface area contributed by atoms with Gasteiger partial charge in [0.15, 0.2) is 17.4 Å². The molecular formula is C22H23F2NO5. The predicted octanol–water partition coefficient (Wildman–Crippen LogP) is 3.36. The summed E-state index contributed by atoms with van der Waals surface area (Å²) in [5.74, 6) is -2.26. The third-order valence-electron chi connectivity index (χ3n) is 5.71. The van der Waals surface area contributed by atoms with Gasteiger partial charge in [-0.2, -0.15) is 0 Å². The van der Waals surface area contributed by atoms with E-state index in [1.165, 1.54) is 7.11 Å². The maximum Gasteiger partial charge on any atom is 0.410 e. The van der Waals surface area contributed by atoms with Crippen LogP contribution in [0.3, 0.4) is 0 Å². The van der Waals surface area contributed by atoms with Gasteiger partial charge in [0.25, 0.3) is 0 Å². The number of aliphatic hydroxyl groups is 1. The van der Waals surface area contributed by atoms with E-state index in [-0.39, 0.29) is 38.2 Å². The van der Waals surface area contributed by atoms with E-state index in [2.05, 4.69) is 0 Å². The second-order valence-corrected chi connectivity index (χ2v) is 7.71. The highest BCUT2D eigenvalue weighted by molar-refractivity contribution is 5.69. The number of ether oxygens (including phenoxy) is 3. The van der Waals surface area contributed by atoms with Crippen LogP contribution >= 0.6 is 0 Å². The molecule has 2 saturated heterocycles. The normalized spacial score (nSPS) is 25.7. The minimum absolute atomic E-state index is 0.0785. The van der Waals surface area contributed by atoms with Gasteiger partial charge in [0.2, 0.25) is 0 Å². The molecule has 160 valence electrons. The zero-order chi connectivity index (χ0) is 21.3. The number of nitrogens with zero attached hydrogens (tertiary/aromatic N) is 1. The van der Waals surface area contributed by atoms with Gasteiger partial charge >= 0.3 is 6.09 Å². The highest BCUT2D eigenvalue weighted by Crippen LogP contribution is 2.42. The highest BCUT2D eigenvalue weighted by atomic mass is 19.1. The van der Waals surface area contributed by atoms with Gasteiger partial charge in [-0.05, 0) is 23.3 Å². The first-order chi connectivity index (χ1) is 14.4. The molecular weight excluding hydrogens is 396 g/mol. The van der Waals surface area contributed by atoms with Crippen molar-refractivity contribution in [1.29, 1.82) is 0 Å². The van der Waals surface area contributed by atoms with Crippen molar-refractivity contribution in [1.82, 2.24) is 4.90 Å². The van der Waals surface area contributed by atoms with Crippen molar-refractivity contribution in [2.75, 3.05) is 20.3 Å². The second kappa shape index (κ2) is 8.20. The molecule has 6 nitrogen and oxygen atoms in total. The number of amides is 1. The molecule has 0 aliphatic carbocycles. The Morgan fingerprint density at radius 1 is 1.17 bits per heavy atom. The molecule has 2 aliphatic rings. The number of methoxy groups -OCH3 is 1. The number of hydrogen-bond donors (Lipinski definition) is 1. The fraction of sp³-hybridized carbons (Fsp3) is 0.409. The number of carbonyl (C=O) groups is 1. The van der Waals surface area contributed by atoms with Crippen molar-refractivity contribution >= 4 is 6.09 Å². The Balaban J connectivity index is 1.52. The van der Waals surface area contributed by atoms with E-state index >= 15 is 0 Å². The van der Waals surface area contributed by atoms with Gasteiger partial charge in [0, 0.05) is 12.8 Å². The lowest BCUT2D eigenvalue weighted by Crippen LogP contribution is -2.62. The van der Waals surface area contributed by atoms with Gasteiger partial charge in [-0.25, -0.2) is 13.6 Å². The molecule has 2 aromatic rings. The number of rotatable bonds is 4. The molecule has 1 amide bonds. The number of halogens is 2. The second-order valence-electron chi connectivity index (χ2n) is 7.71. The Hall–Kier alpha value is -2.71. The van der Waals surface area contributed by atoms with E-state index < -0.39 is 41.2 Å². The molecule has 2 atom stereocenters. The SMILES string of the molecule is COc1c(F)cc(C2(O)CC3COCC(C2)N3C(=O)OCc2ccccc2)cc1F. The third-order valence-corrected chi connectivity index (χ3v) is 5.71. The van der Waals surface area contributed by atoms with Crippen LogP contribution in [0, 0.1) is 11.6 Å². The largest absolute Gasteiger partial charge is 0.491 e. The summed E-state index contributed by atoms with van der Waals surface area (Å²) in [6.45, 7) is 0.552. The van der Waals surface area contributed by atoms with E-state index in [9.17, 15) is 18.7 Å². The number of morpholine rings is 1. The number of fused-ring (bicyclic) bond motifs is 2. The Morgan fingerprint density at radius 2 is 1.77 bits per heavy atom. The van der Waals surface area contributed by atoms with Crippen LogP contribution in [0.15, 0.2) is 42.5 Å². The summed E-state index contributed by atoms with van der Waals surface area (Å²) < 4.78 is 44.2. The minimum Gasteiger partial charge on any atom is -0.491 e. The molecule has 4 rings (SSSR count). The average molecular weight is 419 g/mol. The number of piperidine rings is 1. The van der Waals surface area contributed by atoms with Crippen LogP contribution in [-0.4, -0.2) is 48.5 Å². The van der Waals surface area contributed by atoms with Crippen molar-refractivity contribution in [2.24, 2.45) is 0 Å². The average Bonchev–Trinajstić information content (AvgIpc) is 2.72. The van der Waals surface area contributed by atoms with Crippen molar-refractivity contribution < 1.29 is 32.9 Å². The quantitative estimate of drug-likeness (QED) is 0.823. The topological polar surface area (TPSA) is 68.2 Å². The molecule has 2 heterocycles. The van der Waals surface area contributed by atoms with Crippen molar-refractivity contribution in [3.8, 4) is 5.75 Å². The van der Waals surface area contributed by atoms with Crippen LogP contribution in [0.1, 0.15) is 24.0 Å². The number of hydrogen-bond acceptors (Lipinski definition) is 5. The summed E-state index contributed by atoms with van der Waals surface area (Å²) in [6, 6.07) is 10.5. The summed E-state index contributed by atoms with van der Waals surface area (Å²) in [5, 5.41) is 11.3. The molecule has 2 aliphatic heterocycles. The standard InChI is InChI=1S/C22H23F2NO5/c1-28-20-18(23)7-15(8-19(20)24)22(27)9-16-12-29-13-17(10-22)25(16)21(26)30-11-14-5-3-2-4-6-14/h2-8,16-17,27H,9-13H2,1H3. The lowest BCUT2D eigenvalue weighted by molar-refractivity contribution is -0.137. The van der Waals surface area contributed by atoms with Gasteiger partial charge < -0.3 is 19.3 Å². The van der Waals surface area contributed by atoms with E-state index in [4.69, 9.17) is 14.2 Å². The molecule has 30 heavy (non-hydrogen) atoms. The van der Waals surface area contributed by atoms with Crippen LogP contribution in [0.5, 0.6) is 5.75 Å². The van der Waals surface area contributed by atoms with Gasteiger partial charge in [-0.1, -0.05) is 30.3 Å². The van der Waals surface area contributed by atoms with E-state index in [0.717, 1.165) is 17.7 Å². The summed E-state index contributed by atoms with van der Waals surface area (Å²) in [6.07, 6.45) is -0.337. The molecule has 2 fully saturated rings. The van der Waals surface area contributed by atoms with Crippen molar-refractivity contribution in [3.63, 3.8) is 0 Å². The van der Waals surface area contributed by atoms with Gasteiger partial charge in [-0.15, -0.1) is 0 Å². The zero-order valence-electron chi connectivity index (χ0n) is 16.5. The van der Waals surface area contributed by atoms with E-state index in [1.807, 2.05) is 30.3 Å². The van der Waals surface area contributed by atoms with Gasteiger partial charge in [-0.3, -0.25) is 4.90 Å². The monoisotopic (exact) mass is 419 g/mol. The summed E-state index contributed by atoms with van der Waals surface area (Å²) in [5.41, 5.74) is -0.513. The molecule has 0 radical (unpaired) electrons. The summed E-state index contributed by atoms with van der Waals surface area (Å²) in [7, 11) is 1.18. The first kappa shape index (κ1) is 20.6. The number of carbonyl (C=O) groups excluding carboxylic acids is 1. The Morgan fingerprint density at radius 3 is 2.33 bits per heavy atom. The van der Waals surface area contributed by atoms with E-state index in [0.29, 0.717) is 0 Å². The summed E-state index contributed by atoms with van der Waals surface area (Å²) in [4.78, 5) is 14.3. The van der Waals surface area contributed by atoms with Crippen LogP contribution in [0.25, 0.3) is 0 Å². The summed E-state index contributed by atoms with van der Waals surface area (Å²) >= 11 is 0. The van der Waals surface area contributed by atoms with E-state index in [1.54, 1.807) is 4.90 Å². The van der Waals surface area contributed by atoms with Crippen LogP contribution in [-0.2, 0) is 21.7 Å². The Kier molecular flexibility index (Phi) is 5.62. The molecule has 2 unspecified atom stereocenters. The van der Waals surface area contributed by atoms with Crippen LogP contribution in [0.2, 0.25) is 0 Å². The zero-order valence-corrected chi connectivity index (χ0v) is 16.5. The highest BCUT2D eigenvalue weighted by Gasteiger charge is 2.49. The Labute approximate surface area is 173 Å². The minimum atomic E-state index is -1.50. The first-order valence-corrected chi connectivity index (χ1v) is 9.74. The maximum absolute atomic E-state index is 14.2. The Bertz CT molecular complexity index is 886. The predicted molar refractivity (Wildman–Crippen MR) is 103 cm³/mol. The van der Waals surface area contributed by atoms with Crippen LogP contribution < -0.4 is 4.74 Å². The first-order valence-electron chi connectivity index (χ1n) is 9.74. The number of benzene rings is 2. The van der Waals surface area contributed by atoms with Gasteiger partial charge in [0.1, 0.15) is 6.61 Å². The molecule has 8 heteroatoms. The molecule has 0 aromatic heterocycles. The lowest BCUT2D eigenvalue weighted by atomic mass is 9.77. The molecule has 0 saturated carbocycles. The smallest absolute Gasteiger partial charge is 0.410 e. The van der Waals surface area contributed by atoms with Crippen molar-refractivity contribution in [3.05, 3.63) is 65.2 Å². The fourth-order valence-corrected chi connectivity index (χ4v) is 4.33.